The van der Waals surface area contributed by atoms with Crippen molar-refractivity contribution in [2.24, 2.45) is 5.73 Å². The van der Waals surface area contributed by atoms with Gasteiger partial charge in [-0.2, -0.15) is 0 Å². The van der Waals surface area contributed by atoms with Gasteiger partial charge in [-0.05, 0) is 29.8 Å². The van der Waals surface area contributed by atoms with Gasteiger partial charge in [0.1, 0.15) is 11.4 Å². The van der Waals surface area contributed by atoms with Crippen LogP contribution >= 0.6 is 0 Å². The Labute approximate surface area is 178 Å². The lowest BCUT2D eigenvalue weighted by Crippen LogP contribution is -2.54. The Morgan fingerprint density at radius 2 is 2.13 bits per heavy atom. The average Bonchev–Trinajstić information content (AvgIpc) is 3.21. The number of nitrogens with one attached hydrogen (secondary N) is 2. The maximum Gasteiger partial charge on any atom is 0.323 e. The van der Waals surface area contributed by atoms with Crippen LogP contribution in [0.5, 0.6) is 5.75 Å². The van der Waals surface area contributed by atoms with Crippen molar-refractivity contribution in [3.8, 4) is 17.6 Å². The molecule has 0 unspecified atom stereocenters. The molecule has 0 aliphatic carbocycles. The van der Waals surface area contributed by atoms with Crippen molar-refractivity contribution in [2.75, 3.05) is 13.7 Å². The fourth-order valence-corrected chi connectivity index (χ4v) is 3.40. The zero-order valence-electron chi connectivity index (χ0n) is 16.4. The van der Waals surface area contributed by atoms with E-state index in [1.54, 1.807) is 18.2 Å². The molecule has 10 nitrogen and oxygen atoms in total. The maximum atomic E-state index is 12.9. The standard InChI is InChI=1S/C21H17N5O5.H2/c1-31-14-4-3-13-10-26(18(28)15(13)8-14)11-21(19(29)24-20(30)25-21)7-6-12-2-5-16(17(22)27)23-9-12;/h2-5,8-9H,10-11H2,1H3,(H2,22,27)(H2,24,25,29,30);1H/t21-;/m1./s1. The van der Waals surface area contributed by atoms with Crippen LogP contribution in [0.3, 0.4) is 0 Å². The van der Waals surface area contributed by atoms with Crippen molar-refractivity contribution in [1.29, 1.82) is 0 Å². The zero-order valence-corrected chi connectivity index (χ0v) is 16.4. The molecule has 5 amide bonds. The number of hydrogen-bond donors (Lipinski definition) is 3. The number of hydrogen-bond acceptors (Lipinski definition) is 6. The third kappa shape index (κ3) is 3.64. The molecule has 1 aromatic carbocycles. The highest BCUT2D eigenvalue weighted by atomic mass is 16.5. The van der Waals surface area contributed by atoms with Crippen LogP contribution in [0.25, 0.3) is 0 Å². The predicted molar refractivity (Wildman–Crippen MR) is 109 cm³/mol. The van der Waals surface area contributed by atoms with Crippen LogP contribution in [-0.2, 0) is 11.3 Å². The number of nitrogens with two attached hydrogens (primary N) is 1. The second kappa shape index (κ2) is 7.46. The topological polar surface area (TPSA) is 144 Å². The fraction of sp³-hybridized carbons (Fsp3) is 0.190. The molecule has 0 bridgehead atoms. The van der Waals surface area contributed by atoms with Crippen molar-refractivity contribution in [2.45, 2.75) is 12.1 Å². The molecule has 2 aliphatic heterocycles. The van der Waals surface area contributed by atoms with E-state index in [1.807, 2.05) is 0 Å². The van der Waals surface area contributed by atoms with Crippen LogP contribution in [0.15, 0.2) is 36.5 Å². The van der Waals surface area contributed by atoms with Crippen molar-refractivity contribution in [1.82, 2.24) is 20.5 Å². The number of primary amides is 1. The lowest BCUT2D eigenvalue weighted by atomic mass is 9.99. The molecule has 4 rings (SSSR count). The molecule has 4 N–H and O–H groups in total. The van der Waals surface area contributed by atoms with Crippen molar-refractivity contribution in [3.05, 3.63) is 58.9 Å². The van der Waals surface area contributed by atoms with Crippen LogP contribution in [0.1, 0.15) is 33.4 Å². The molecule has 2 aliphatic rings. The molecule has 1 saturated heterocycles. The number of carbonyl (C=O) groups is 4. The van der Waals surface area contributed by atoms with Crippen molar-refractivity contribution >= 4 is 23.8 Å². The van der Waals surface area contributed by atoms with Gasteiger partial charge in [0, 0.05) is 25.3 Å². The number of ether oxygens (including phenoxy) is 1. The summed E-state index contributed by atoms with van der Waals surface area (Å²) in [6.07, 6.45) is 1.33. The number of methoxy groups -OCH3 is 1. The summed E-state index contributed by atoms with van der Waals surface area (Å²) in [5.41, 5.74) is 5.26. The Balaban J connectivity index is 0.00000289. The summed E-state index contributed by atoms with van der Waals surface area (Å²) >= 11 is 0. The second-order valence-corrected chi connectivity index (χ2v) is 7.04. The fourth-order valence-electron chi connectivity index (χ4n) is 3.40. The van der Waals surface area contributed by atoms with Crippen LogP contribution in [0.2, 0.25) is 0 Å². The molecule has 2 aromatic rings. The van der Waals surface area contributed by atoms with Crippen molar-refractivity contribution in [3.63, 3.8) is 0 Å². The summed E-state index contributed by atoms with van der Waals surface area (Å²) in [6, 6.07) is 7.38. The molecule has 1 atom stereocenters. The van der Waals surface area contributed by atoms with Gasteiger partial charge in [0.15, 0.2) is 0 Å². The van der Waals surface area contributed by atoms with E-state index in [0.717, 1.165) is 5.56 Å². The highest BCUT2D eigenvalue weighted by Crippen LogP contribution is 2.28. The monoisotopic (exact) mass is 421 g/mol. The molecule has 0 radical (unpaired) electrons. The first-order valence-electron chi connectivity index (χ1n) is 9.20. The van der Waals surface area contributed by atoms with E-state index in [9.17, 15) is 19.2 Å². The summed E-state index contributed by atoms with van der Waals surface area (Å²) in [4.78, 5) is 53.8. The number of benzene rings is 1. The predicted octanol–water partition coefficient (Wildman–Crippen LogP) is 0.0208. The Morgan fingerprint density at radius 1 is 1.32 bits per heavy atom. The van der Waals surface area contributed by atoms with E-state index in [2.05, 4.69) is 27.5 Å². The third-order valence-electron chi connectivity index (χ3n) is 5.00. The van der Waals surface area contributed by atoms with Gasteiger partial charge in [0.2, 0.25) is 5.54 Å². The summed E-state index contributed by atoms with van der Waals surface area (Å²) < 4.78 is 5.17. The number of fused-ring (bicyclic) bond motifs is 1. The highest BCUT2D eigenvalue weighted by Gasteiger charge is 2.48. The molecule has 1 fully saturated rings. The normalized spacial score (nSPS) is 19.3. The summed E-state index contributed by atoms with van der Waals surface area (Å²) in [5.74, 6) is 4.45. The van der Waals surface area contributed by atoms with E-state index in [-0.39, 0.29) is 26.1 Å². The molecule has 0 saturated carbocycles. The smallest absolute Gasteiger partial charge is 0.323 e. The number of amides is 5. The lowest BCUT2D eigenvalue weighted by Gasteiger charge is -2.26. The number of nitrogens with zero attached hydrogens (tertiary/aromatic N) is 2. The Hall–Kier alpha value is -4.39. The average molecular weight is 421 g/mol. The quantitative estimate of drug-likeness (QED) is 0.469. The first-order chi connectivity index (χ1) is 14.8. The SMILES string of the molecule is COc1ccc2c(c1)C(=O)N(C[C@@]1(C#Cc3ccc(C(N)=O)nc3)NC(=O)NC1=O)C2.[HH]. The summed E-state index contributed by atoms with van der Waals surface area (Å²) in [5, 5.41) is 4.70. The number of aromatic nitrogens is 1. The minimum absolute atomic E-state index is 0. The molecule has 0 spiro atoms. The van der Waals surface area contributed by atoms with Gasteiger partial charge in [-0.1, -0.05) is 17.9 Å². The summed E-state index contributed by atoms with van der Waals surface area (Å²) in [7, 11) is 1.51. The van der Waals surface area contributed by atoms with Crippen LogP contribution < -0.4 is 21.1 Å². The van der Waals surface area contributed by atoms with E-state index in [0.29, 0.717) is 16.9 Å². The van der Waals surface area contributed by atoms with Crippen LogP contribution in [0, 0.1) is 11.8 Å². The molecule has 1 aromatic heterocycles. The Bertz CT molecular complexity index is 1190. The van der Waals surface area contributed by atoms with Gasteiger partial charge in [0.05, 0.1) is 13.7 Å². The largest absolute Gasteiger partial charge is 0.497 e. The zero-order chi connectivity index (χ0) is 22.2. The Kier molecular flexibility index (Phi) is 4.79. The highest BCUT2D eigenvalue weighted by molar-refractivity contribution is 6.10. The molecule has 31 heavy (non-hydrogen) atoms. The van der Waals surface area contributed by atoms with Gasteiger partial charge in [0.25, 0.3) is 17.7 Å². The number of rotatable bonds is 4. The minimum Gasteiger partial charge on any atom is -0.497 e. The van der Waals surface area contributed by atoms with Gasteiger partial charge < -0.3 is 20.7 Å². The molecule has 158 valence electrons. The van der Waals surface area contributed by atoms with Gasteiger partial charge in [-0.15, -0.1) is 0 Å². The molecular formula is C21H19N5O5. The molecular weight excluding hydrogens is 402 g/mol. The lowest BCUT2D eigenvalue weighted by molar-refractivity contribution is -0.122. The first kappa shape index (κ1) is 19.9. The third-order valence-corrected chi connectivity index (χ3v) is 5.00. The van der Waals surface area contributed by atoms with Gasteiger partial charge in [-0.3, -0.25) is 19.7 Å². The first-order valence-corrected chi connectivity index (χ1v) is 9.20. The number of urea groups is 1. The van der Waals surface area contributed by atoms with E-state index in [4.69, 9.17) is 10.5 Å². The minimum atomic E-state index is -1.64. The van der Waals surface area contributed by atoms with E-state index < -0.39 is 23.4 Å². The summed E-state index contributed by atoms with van der Waals surface area (Å²) in [6.45, 7) is 0.111. The molecule has 3 heterocycles. The van der Waals surface area contributed by atoms with E-state index in [1.165, 1.54) is 30.3 Å². The number of imide groups is 1. The second-order valence-electron chi connectivity index (χ2n) is 7.04. The van der Waals surface area contributed by atoms with E-state index >= 15 is 0 Å². The number of pyridine rings is 1. The van der Waals surface area contributed by atoms with Gasteiger partial charge >= 0.3 is 6.03 Å². The van der Waals surface area contributed by atoms with Crippen molar-refractivity contribution < 1.29 is 25.3 Å². The van der Waals surface area contributed by atoms with Crippen LogP contribution in [-0.4, -0.2) is 52.8 Å². The number of carbonyl (C=O) groups excluding carboxylic acids is 4. The van der Waals surface area contributed by atoms with Gasteiger partial charge in [-0.25, -0.2) is 9.78 Å². The maximum absolute atomic E-state index is 12.9. The Morgan fingerprint density at radius 3 is 2.74 bits per heavy atom. The van der Waals surface area contributed by atoms with Crippen LogP contribution in [0.4, 0.5) is 4.79 Å². The molecule has 10 heteroatoms.